The van der Waals surface area contributed by atoms with E-state index in [2.05, 4.69) is 20.4 Å². The lowest BCUT2D eigenvalue weighted by Gasteiger charge is -2.15. The molecule has 44 heavy (non-hydrogen) atoms. The third-order valence-electron chi connectivity index (χ3n) is 7.37. The highest BCUT2D eigenvalue weighted by molar-refractivity contribution is 7.15. The summed E-state index contributed by atoms with van der Waals surface area (Å²) in [5.74, 6) is -15.8. The van der Waals surface area contributed by atoms with Crippen LogP contribution in [0.25, 0.3) is 42.7 Å². The van der Waals surface area contributed by atoms with Gasteiger partial charge in [-0.15, -0.1) is 20.4 Å². The highest BCUT2D eigenvalue weighted by Crippen LogP contribution is 2.45. The van der Waals surface area contributed by atoms with E-state index < -0.39 is 89.2 Å². The summed E-state index contributed by atoms with van der Waals surface area (Å²) in [6.07, 6.45) is 7.82. The van der Waals surface area contributed by atoms with Gasteiger partial charge in [-0.2, -0.15) is 0 Å². The molecule has 5 aromatic rings. The Bertz CT molecular complexity index is 1850. The minimum atomic E-state index is -2.18. The standard InChI is InChI=1S/C30H26F8N4S2/c1-3-5-7-9-11-13-39-41-29(43-13)19-15-16(25(35)28(38)26(19)36)22(32)17-18(21(15)31)24(34)27(37)20(23(17)33)30-42-40-14(44-30)12-10-8-6-4-2/h3-12H2,1-2H3. The van der Waals surface area contributed by atoms with Crippen LogP contribution in [0.4, 0.5) is 35.1 Å². The molecule has 234 valence electrons. The highest BCUT2D eigenvalue weighted by atomic mass is 32.1. The summed E-state index contributed by atoms with van der Waals surface area (Å²) in [6, 6.07) is 0. The van der Waals surface area contributed by atoms with Gasteiger partial charge in [0.1, 0.15) is 27.5 Å². The number of fused-ring (bicyclic) bond motifs is 2. The monoisotopic (exact) mass is 658 g/mol. The predicted octanol–water partition coefficient (Wildman–Crippen LogP) is 10.4. The maximum absolute atomic E-state index is 16.1. The minimum Gasteiger partial charge on any atom is -0.205 e. The number of rotatable bonds is 12. The van der Waals surface area contributed by atoms with Crippen LogP contribution in [0.5, 0.6) is 0 Å². The first kappa shape index (κ1) is 32.1. The molecule has 5 rings (SSSR count). The highest BCUT2D eigenvalue weighted by Gasteiger charge is 2.35. The number of aromatic nitrogens is 4. The minimum absolute atomic E-state index is 0.366. The summed E-state index contributed by atoms with van der Waals surface area (Å²) in [5.41, 5.74) is -2.17. The van der Waals surface area contributed by atoms with E-state index in [-0.39, 0.29) is 0 Å². The lowest BCUT2D eigenvalue weighted by Crippen LogP contribution is -2.06. The van der Waals surface area contributed by atoms with Crippen molar-refractivity contribution >= 4 is 44.2 Å². The number of benzene rings is 3. The molecule has 0 aliphatic rings. The van der Waals surface area contributed by atoms with E-state index >= 15 is 30.7 Å². The second-order valence-electron chi connectivity index (χ2n) is 10.4. The van der Waals surface area contributed by atoms with Crippen LogP contribution in [-0.4, -0.2) is 20.4 Å². The third-order valence-corrected chi connectivity index (χ3v) is 9.37. The molecule has 0 radical (unpaired) electrons. The molecule has 0 atom stereocenters. The SMILES string of the molecule is CCCCCCc1nnc(-c2c(F)c(F)c3c(F)c4c(-c5nnc(CCCCCC)s5)c(F)c(F)c(F)c4c(F)c3c2F)s1. The fourth-order valence-electron chi connectivity index (χ4n) is 5.11. The van der Waals surface area contributed by atoms with Crippen LogP contribution in [0.15, 0.2) is 0 Å². The zero-order valence-electron chi connectivity index (χ0n) is 23.7. The van der Waals surface area contributed by atoms with E-state index in [0.29, 0.717) is 35.7 Å². The first-order valence-electron chi connectivity index (χ1n) is 14.2. The Morgan fingerprint density at radius 2 is 0.841 bits per heavy atom. The van der Waals surface area contributed by atoms with E-state index in [0.717, 1.165) is 61.2 Å². The average molecular weight is 659 g/mol. The van der Waals surface area contributed by atoms with E-state index in [9.17, 15) is 4.39 Å². The lowest BCUT2D eigenvalue weighted by molar-refractivity contribution is 0.452. The molecule has 0 amide bonds. The molecule has 0 aliphatic heterocycles. The van der Waals surface area contributed by atoms with Crippen LogP contribution in [0, 0.1) is 46.5 Å². The van der Waals surface area contributed by atoms with Crippen molar-refractivity contribution in [1.82, 2.24) is 20.4 Å². The van der Waals surface area contributed by atoms with Gasteiger partial charge in [-0.3, -0.25) is 0 Å². The van der Waals surface area contributed by atoms with Crippen LogP contribution in [0.1, 0.15) is 75.2 Å². The number of halogens is 8. The molecule has 2 heterocycles. The summed E-state index contributed by atoms with van der Waals surface area (Å²) in [6.45, 7) is 4.04. The fourth-order valence-corrected chi connectivity index (χ4v) is 6.96. The van der Waals surface area contributed by atoms with Crippen molar-refractivity contribution in [2.45, 2.75) is 78.1 Å². The van der Waals surface area contributed by atoms with Crippen molar-refractivity contribution in [2.75, 3.05) is 0 Å². The van der Waals surface area contributed by atoms with Gasteiger partial charge in [0.15, 0.2) is 39.1 Å². The van der Waals surface area contributed by atoms with Gasteiger partial charge in [0.05, 0.1) is 27.3 Å². The number of aryl methyl sites for hydroxylation is 2. The summed E-state index contributed by atoms with van der Waals surface area (Å²) < 4.78 is 124. The molecule has 0 spiro atoms. The smallest absolute Gasteiger partial charge is 0.195 e. The fraction of sp³-hybridized carbons (Fsp3) is 0.400. The Hall–Kier alpha value is -3.26. The lowest BCUT2D eigenvalue weighted by atomic mass is 9.94. The van der Waals surface area contributed by atoms with Crippen LogP contribution in [0.2, 0.25) is 0 Å². The van der Waals surface area contributed by atoms with Crippen LogP contribution in [0.3, 0.4) is 0 Å². The molecule has 0 fully saturated rings. The van der Waals surface area contributed by atoms with Crippen molar-refractivity contribution in [2.24, 2.45) is 0 Å². The number of hydrogen-bond donors (Lipinski definition) is 0. The van der Waals surface area contributed by atoms with Crippen molar-refractivity contribution in [3.05, 3.63) is 56.6 Å². The Kier molecular flexibility index (Phi) is 9.78. The number of unbranched alkanes of at least 4 members (excludes halogenated alkanes) is 6. The first-order chi connectivity index (χ1) is 21.1. The quantitative estimate of drug-likeness (QED) is 0.0440. The van der Waals surface area contributed by atoms with Gasteiger partial charge in [-0.25, -0.2) is 35.1 Å². The molecule has 0 N–H and O–H groups in total. The third kappa shape index (κ3) is 5.66. The van der Waals surface area contributed by atoms with Gasteiger partial charge in [0, 0.05) is 18.2 Å². The van der Waals surface area contributed by atoms with Gasteiger partial charge in [-0.1, -0.05) is 75.0 Å². The Morgan fingerprint density at radius 1 is 0.409 bits per heavy atom. The normalized spacial score (nSPS) is 11.9. The molecular formula is C30H26F8N4S2. The number of nitrogens with zero attached hydrogens (tertiary/aromatic N) is 4. The predicted molar refractivity (Wildman–Crippen MR) is 155 cm³/mol. The first-order valence-corrected chi connectivity index (χ1v) is 15.9. The zero-order valence-corrected chi connectivity index (χ0v) is 25.3. The van der Waals surface area contributed by atoms with Gasteiger partial charge in [0.25, 0.3) is 0 Å². The van der Waals surface area contributed by atoms with Crippen molar-refractivity contribution in [1.29, 1.82) is 0 Å². The molecule has 4 nitrogen and oxygen atoms in total. The summed E-state index contributed by atoms with van der Waals surface area (Å²) in [4.78, 5) is 0. The molecule has 14 heteroatoms. The largest absolute Gasteiger partial charge is 0.205 e. The van der Waals surface area contributed by atoms with Crippen LogP contribution >= 0.6 is 22.7 Å². The van der Waals surface area contributed by atoms with Gasteiger partial charge < -0.3 is 0 Å². The summed E-state index contributed by atoms with van der Waals surface area (Å²) in [5, 5.41) is 9.34. The Labute approximate surface area is 255 Å². The van der Waals surface area contributed by atoms with E-state index in [1.54, 1.807) is 0 Å². The van der Waals surface area contributed by atoms with Crippen molar-refractivity contribution < 1.29 is 35.1 Å². The van der Waals surface area contributed by atoms with Crippen molar-refractivity contribution in [3.8, 4) is 21.1 Å². The van der Waals surface area contributed by atoms with E-state index in [4.69, 9.17) is 0 Å². The maximum atomic E-state index is 16.1. The van der Waals surface area contributed by atoms with E-state index in [1.165, 1.54) is 0 Å². The maximum Gasteiger partial charge on any atom is 0.195 e. The topological polar surface area (TPSA) is 51.6 Å². The van der Waals surface area contributed by atoms with Gasteiger partial charge in [0.2, 0.25) is 0 Å². The number of hydrogen-bond acceptors (Lipinski definition) is 6. The Morgan fingerprint density at radius 3 is 1.39 bits per heavy atom. The van der Waals surface area contributed by atoms with Crippen molar-refractivity contribution in [3.63, 3.8) is 0 Å². The molecule has 0 bridgehead atoms. The van der Waals surface area contributed by atoms with Gasteiger partial charge >= 0.3 is 0 Å². The second-order valence-corrected chi connectivity index (χ2v) is 12.5. The van der Waals surface area contributed by atoms with Gasteiger partial charge in [-0.05, 0) is 12.8 Å². The van der Waals surface area contributed by atoms with Crippen LogP contribution in [-0.2, 0) is 12.8 Å². The summed E-state index contributed by atoms with van der Waals surface area (Å²) >= 11 is 1.47. The van der Waals surface area contributed by atoms with Crippen LogP contribution < -0.4 is 0 Å². The molecule has 0 saturated carbocycles. The molecule has 0 unspecified atom stereocenters. The zero-order chi connectivity index (χ0) is 31.7. The molecule has 0 aliphatic carbocycles. The summed E-state index contributed by atoms with van der Waals surface area (Å²) in [7, 11) is 0. The second kappa shape index (κ2) is 13.4. The average Bonchev–Trinajstić information content (AvgIpc) is 3.67. The molecule has 3 aromatic carbocycles. The molecular weight excluding hydrogens is 632 g/mol. The molecule has 0 saturated heterocycles. The Balaban J connectivity index is 1.71. The molecule has 2 aromatic heterocycles. The van der Waals surface area contributed by atoms with E-state index in [1.807, 2.05) is 13.8 Å².